The highest BCUT2D eigenvalue weighted by Gasteiger charge is 2.21. The molecule has 20 heteroatoms. The number of carboxylic acids is 3. The highest BCUT2D eigenvalue weighted by atomic mass is 16.6. The second-order valence-electron chi connectivity index (χ2n) is 15.7. The van der Waals surface area contributed by atoms with Crippen LogP contribution in [0, 0.1) is 5.92 Å². The quantitative estimate of drug-likeness (QED) is 0.0448. The summed E-state index contributed by atoms with van der Waals surface area (Å²) in [6, 6.07) is -1.17. The first kappa shape index (κ1) is 65.6. The molecule has 0 saturated carbocycles. The molecule has 0 heterocycles. The van der Waals surface area contributed by atoms with Gasteiger partial charge < -0.3 is 69.2 Å². The normalized spacial score (nSPS) is 11.9. The first-order valence-electron chi connectivity index (χ1n) is 24.6. The molecule has 0 radical (unpaired) electrons. The van der Waals surface area contributed by atoms with Crippen LogP contribution in [0.3, 0.4) is 0 Å². The van der Waals surface area contributed by atoms with Gasteiger partial charge in [-0.3, -0.25) is 24.0 Å². The van der Waals surface area contributed by atoms with Crippen LogP contribution >= 0.6 is 0 Å². The predicted molar refractivity (Wildman–Crippen MR) is 251 cm³/mol. The number of rotatable bonds is 50. The third-order valence-corrected chi connectivity index (χ3v) is 9.83. The lowest BCUT2D eigenvalue weighted by Crippen LogP contribution is -2.42. The molecule has 20 nitrogen and oxygen atoms in total. The second kappa shape index (κ2) is 51.9. The van der Waals surface area contributed by atoms with E-state index in [2.05, 4.69) is 16.0 Å². The Kier molecular flexibility index (Phi) is 50.8. The molecule has 0 aromatic carbocycles. The van der Waals surface area contributed by atoms with Crippen molar-refractivity contribution in [3.05, 3.63) is 0 Å². The van der Waals surface area contributed by atoms with Crippen molar-refractivity contribution in [2.24, 2.45) is 5.92 Å². The summed E-state index contributed by atoms with van der Waals surface area (Å²) in [6.07, 6.45) is 13.6. The van der Waals surface area contributed by atoms with E-state index in [1.165, 1.54) is 32.1 Å². The Labute approximate surface area is 399 Å². The molecule has 0 aliphatic carbocycles. The van der Waals surface area contributed by atoms with Crippen LogP contribution in [0.4, 0.5) is 0 Å². The first-order chi connectivity index (χ1) is 32.4. The van der Waals surface area contributed by atoms with Crippen LogP contribution in [0.25, 0.3) is 0 Å². The minimum absolute atomic E-state index is 0.00865. The predicted octanol–water partition coefficient (Wildman–Crippen LogP) is 4.77. The van der Waals surface area contributed by atoms with Crippen molar-refractivity contribution in [1.82, 2.24) is 16.0 Å². The number of hydrogen-bond acceptors (Lipinski definition) is 14. The molecule has 0 aliphatic rings. The summed E-state index contributed by atoms with van der Waals surface area (Å²) in [7, 11) is 0. The molecule has 394 valence electrons. The molecule has 0 aromatic heterocycles. The summed E-state index contributed by atoms with van der Waals surface area (Å²) in [4.78, 5) is 68.2. The minimum Gasteiger partial charge on any atom is -0.481 e. The van der Waals surface area contributed by atoms with Gasteiger partial charge in [-0.15, -0.1) is 0 Å². The molecule has 67 heavy (non-hydrogen) atoms. The van der Waals surface area contributed by atoms with Gasteiger partial charge in [0.1, 0.15) is 6.04 Å². The fraction of sp³-hybridized carbons (Fsp3) is 0.872. The van der Waals surface area contributed by atoms with Crippen LogP contribution in [0.15, 0.2) is 0 Å². The average molecular weight is 968 g/mol. The molecule has 0 unspecified atom stereocenters. The van der Waals surface area contributed by atoms with E-state index in [-0.39, 0.29) is 37.7 Å². The van der Waals surface area contributed by atoms with Crippen LogP contribution in [-0.2, 0) is 66.7 Å². The largest absolute Gasteiger partial charge is 0.481 e. The molecule has 0 bridgehead atoms. The van der Waals surface area contributed by atoms with Crippen molar-refractivity contribution >= 4 is 35.6 Å². The number of unbranched alkanes of at least 4 members (excludes halogenated alkanes) is 10. The maximum absolute atomic E-state index is 12.0. The van der Waals surface area contributed by atoms with E-state index < -0.39 is 35.8 Å². The van der Waals surface area contributed by atoms with Crippen LogP contribution in [-0.4, -0.2) is 176 Å². The summed E-state index contributed by atoms with van der Waals surface area (Å²) in [5, 5.41) is 34.7. The SMILES string of the molecule is CCOCCOCCOCCOCCC(=O)N[C@@H](CCC(=O)NCCCC[C@H](C)C(=O)O)C(=O)O.CCOCCOCCOCCOCCNC(=O)CCCCCCCCCCCCC(=O)O. The summed E-state index contributed by atoms with van der Waals surface area (Å²) >= 11 is 0. The highest BCUT2D eigenvalue weighted by Crippen LogP contribution is 2.12. The van der Waals surface area contributed by atoms with Gasteiger partial charge in [0.15, 0.2) is 0 Å². The van der Waals surface area contributed by atoms with Crippen LogP contribution in [0.5, 0.6) is 0 Å². The van der Waals surface area contributed by atoms with Gasteiger partial charge in [-0.05, 0) is 46.0 Å². The Morgan fingerprint density at radius 3 is 1.24 bits per heavy atom. The van der Waals surface area contributed by atoms with Gasteiger partial charge in [0.2, 0.25) is 17.7 Å². The Morgan fingerprint density at radius 1 is 0.388 bits per heavy atom. The van der Waals surface area contributed by atoms with Gasteiger partial charge in [0.25, 0.3) is 0 Å². The first-order valence-corrected chi connectivity index (χ1v) is 24.6. The molecule has 0 spiro atoms. The number of ether oxygens (including phenoxy) is 8. The van der Waals surface area contributed by atoms with Crippen molar-refractivity contribution in [3.63, 3.8) is 0 Å². The molecule has 0 saturated heterocycles. The smallest absolute Gasteiger partial charge is 0.326 e. The van der Waals surface area contributed by atoms with Gasteiger partial charge in [0, 0.05) is 52.0 Å². The highest BCUT2D eigenvalue weighted by molar-refractivity contribution is 5.84. The average Bonchev–Trinajstić information content (AvgIpc) is 3.29. The zero-order chi connectivity index (χ0) is 49.9. The van der Waals surface area contributed by atoms with E-state index in [0.717, 1.165) is 32.1 Å². The van der Waals surface area contributed by atoms with Crippen molar-refractivity contribution in [2.45, 2.75) is 142 Å². The molecule has 6 N–H and O–H groups in total. The van der Waals surface area contributed by atoms with E-state index in [1.54, 1.807) is 6.92 Å². The van der Waals surface area contributed by atoms with Gasteiger partial charge in [0.05, 0.1) is 98.4 Å². The van der Waals surface area contributed by atoms with Crippen LogP contribution < -0.4 is 16.0 Å². The summed E-state index contributed by atoms with van der Waals surface area (Å²) in [5.41, 5.74) is 0. The van der Waals surface area contributed by atoms with E-state index in [4.69, 9.17) is 48.1 Å². The van der Waals surface area contributed by atoms with Gasteiger partial charge in [-0.2, -0.15) is 0 Å². The van der Waals surface area contributed by atoms with E-state index in [1.807, 2.05) is 13.8 Å². The number of carbonyl (C=O) groups excluding carboxylic acids is 3. The van der Waals surface area contributed by atoms with Crippen molar-refractivity contribution in [3.8, 4) is 0 Å². The van der Waals surface area contributed by atoms with Crippen molar-refractivity contribution < 1.29 is 82.0 Å². The Morgan fingerprint density at radius 2 is 0.791 bits per heavy atom. The maximum atomic E-state index is 12.0. The van der Waals surface area contributed by atoms with Crippen LogP contribution in [0.2, 0.25) is 0 Å². The molecule has 0 fully saturated rings. The van der Waals surface area contributed by atoms with Gasteiger partial charge in [-0.1, -0.05) is 64.7 Å². The number of carbonyl (C=O) groups is 6. The fourth-order valence-electron chi connectivity index (χ4n) is 5.91. The third-order valence-electron chi connectivity index (χ3n) is 9.83. The summed E-state index contributed by atoms with van der Waals surface area (Å²) in [5.74, 6) is -3.89. The monoisotopic (exact) mass is 968 g/mol. The van der Waals surface area contributed by atoms with Crippen LogP contribution in [0.1, 0.15) is 136 Å². The van der Waals surface area contributed by atoms with Gasteiger partial charge >= 0.3 is 17.9 Å². The van der Waals surface area contributed by atoms with E-state index >= 15 is 0 Å². The number of amides is 3. The molecule has 3 amide bonds. The number of nitrogens with one attached hydrogen (secondary N) is 3. The Bertz CT molecular complexity index is 1200. The maximum Gasteiger partial charge on any atom is 0.326 e. The Hall–Kier alpha value is -3.50. The Balaban J connectivity index is 0. The molecular formula is C47H89N3O17. The zero-order valence-electron chi connectivity index (χ0n) is 41.2. The van der Waals surface area contributed by atoms with Crippen molar-refractivity contribution in [1.29, 1.82) is 0 Å². The molecule has 0 aromatic rings. The molecule has 0 rings (SSSR count). The standard InChI is InChI=1S/C24H47NO7.C23H42N2O10/c1-2-29-17-18-31-21-22-32-20-19-30-16-15-25-23(26)13-11-9-7-5-3-4-6-8-10-12-14-24(27)28;1-3-32-12-13-34-16-17-35-15-14-33-11-9-21(27)25-19(23(30)31)7-8-20(26)24-10-5-4-6-18(2)22(28)29/h2-22H2,1H3,(H,25,26)(H,27,28);18-19H,3-17H2,1-2H3,(H,24,26)(H,25,27)(H,28,29)(H,30,31)/t;18-,19-/m.0/s1. The number of aliphatic carboxylic acids is 3. The summed E-state index contributed by atoms with van der Waals surface area (Å²) < 4.78 is 42.4. The van der Waals surface area contributed by atoms with Crippen molar-refractivity contribution in [2.75, 3.05) is 119 Å². The van der Waals surface area contributed by atoms with E-state index in [9.17, 15) is 33.9 Å². The lowest BCUT2D eigenvalue weighted by molar-refractivity contribution is -0.142. The summed E-state index contributed by atoms with van der Waals surface area (Å²) in [6.45, 7) is 14.3. The number of hydrogen-bond donors (Lipinski definition) is 6. The third kappa shape index (κ3) is 53.3. The van der Waals surface area contributed by atoms with E-state index in [0.29, 0.717) is 144 Å². The molecule has 2 atom stereocenters. The van der Waals surface area contributed by atoms with Gasteiger partial charge in [-0.25, -0.2) is 4.79 Å². The molecular weight excluding hydrogens is 879 g/mol. The molecule has 0 aliphatic heterocycles. The number of carboxylic acid groups (broad SMARTS) is 3. The second-order valence-corrected chi connectivity index (χ2v) is 15.7. The fourth-order valence-corrected chi connectivity index (χ4v) is 5.91. The zero-order valence-corrected chi connectivity index (χ0v) is 41.2. The topological polar surface area (TPSA) is 273 Å². The lowest BCUT2D eigenvalue weighted by atomic mass is 10.0. The lowest BCUT2D eigenvalue weighted by Gasteiger charge is -2.14. The minimum atomic E-state index is -1.22.